The van der Waals surface area contributed by atoms with E-state index in [1.54, 1.807) is 28.4 Å². The van der Waals surface area contributed by atoms with Gasteiger partial charge in [-0.25, -0.2) is 0 Å². The maximum Gasteiger partial charge on any atom is 0.310 e. The predicted molar refractivity (Wildman–Crippen MR) is 165 cm³/mol. The van der Waals surface area contributed by atoms with Crippen molar-refractivity contribution in [3.8, 4) is 0 Å². The molecule has 238 valence electrons. The van der Waals surface area contributed by atoms with Crippen molar-refractivity contribution in [2.75, 3.05) is 54.0 Å². The van der Waals surface area contributed by atoms with Crippen LogP contribution >= 0.6 is 12.6 Å². The van der Waals surface area contributed by atoms with Crippen LogP contribution in [0.5, 0.6) is 0 Å². The number of hydrogen-bond donors (Lipinski definition) is 1. The standard InChI is InChI=1S/C17H36O3S.C14H30O4/c1-5-9-10-11-12-13-14-16(15-21)17(18-6-2,19-7-3)20-8-4;1-6-7-8-9-10-11-12-13(15-2)14(16-3,17-4)18-5/h16,21H,5-15H2,1-4H3;13H,6-12H2,1-5H3. The van der Waals surface area contributed by atoms with E-state index < -0.39 is 11.9 Å². The fourth-order valence-electron chi connectivity index (χ4n) is 4.83. The van der Waals surface area contributed by atoms with Crippen molar-refractivity contribution in [2.45, 2.75) is 143 Å². The van der Waals surface area contributed by atoms with Crippen LogP contribution in [0.15, 0.2) is 0 Å². The first kappa shape index (κ1) is 41.2. The van der Waals surface area contributed by atoms with Crippen LogP contribution in [-0.2, 0) is 33.2 Å². The molecule has 0 bridgehead atoms. The fraction of sp³-hybridized carbons (Fsp3) is 1.00. The summed E-state index contributed by atoms with van der Waals surface area (Å²) in [5.41, 5.74) is 0. The highest BCUT2D eigenvalue weighted by molar-refractivity contribution is 7.80. The monoisotopic (exact) mass is 582 g/mol. The van der Waals surface area contributed by atoms with Crippen LogP contribution in [0.25, 0.3) is 0 Å². The Morgan fingerprint density at radius 3 is 1.23 bits per heavy atom. The van der Waals surface area contributed by atoms with Crippen molar-refractivity contribution < 1.29 is 33.2 Å². The van der Waals surface area contributed by atoms with E-state index >= 15 is 0 Å². The normalized spacial score (nSPS) is 13.7. The zero-order valence-electron chi connectivity index (χ0n) is 27.2. The molecule has 0 heterocycles. The van der Waals surface area contributed by atoms with Crippen LogP contribution in [0.1, 0.15) is 125 Å². The first-order chi connectivity index (χ1) is 18.9. The van der Waals surface area contributed by atoms with E-state index in [4.69, 9.17) is 33.2 Å². The molecule has 0 amide bonds. The molecular formula is C31H66O7S. The Labute approximate surface area is 248 Å². The summed E-state index contributed by atoms with van der Waals surface area (Å²) < 4.78 is 39.0. The second-order valence-corrected chi connectivity index (χ2v) is 10.2. The van der Waals surface area contributed by atoms with Gasteiger partial charge in [0.05, 0.1) is 0 Å². The van der Waals surface area contributed by atoms with E-state index in [0.29, 0.717) is 19.8 Å². The number of hydrogen-bond acceptors (Lipinski definition) is 8. The summed E-state index contributed by atoms with van der Waals surface area (Å²) in [5, 5.41) is 0. The topological polar surface area (TPSA) is 64.6 Å². The van der Waals surface area contributed by atoms with Crippen LogP contribution in [0, 0.1) is 5.92 Å². The molecule has 0 radical (unpaired) electrons. The summed E-state index contributed by atoms with van der Waals surface area (Å²) in [4.78, 5) is 0. The van der Waals surface area contributed by atoms with Gasteiger partial charge in [0.2, 0.25) is 0 Å². The van der Waals surface area contributed by atoms with Crippen molar-refractivity contribution in [3.05, 3.63) is 0 Å². The van der Waals surface area contributed by atoms with Gasteiger partial charge in [-0.15, -0.1) is 0 Å². The summed E-state index contributed by atoms with van der Waals surface area (Å²) in [6.45, 7) is 12.2. The highest BCUT2D eigenvalue weighted by Gasteiger charge is 2.41. The first-order valence-electron chi connectivity index (χ1n) is 15.6. The maximum atomic E-state index is 5.87. The number of rotatable bonds is 27. The highest BCUT2D eigenvalue weighted by atomic mass is 32.1. The fourth-order valence-corrected chi connectivity index (χ4v) is 5.23. The van der Waals surface area contributed by atoms with E-state index in [1.807, 2.05) is 20.8 Å². The summed E-state index contributed by atoms with van der Waals surface area (Å²) in [5.74, 6) is -1.11. The van der Waals surface area contributed by atoms with E-state index in [9.17, 15) is 0 Å². The molecule has 7 nitrogen and oxygen atoms in total. The molecule has 0 saturated heterocycles. The molecule has 2 atom stereocenters. The molecule has 2 unspecified atom stereocenters. The van der Waals surface area contributed by atoms with Gasteiger partial charge in [0.25, 0.3) is 5.97 Å². The number of methoxy groups -OCH3 is 4. The van der Waals surface area contributed by atoms with Gasteiger partial charge in [0, 0.05) is 59.9 Å². The van der Waals surface area contributed by atoms with Gasteiger partial charge in [0.1, 0.15) is 6.10 Å². The van der Waals surface area contributed by atoms with Crippen LogP contribution in [0.3, 0.4) is 0 Å². The molecule has 0 aromatic carbocycles. The second kappa shape index (κ2) is 28.2. The molecule has 0 saturated carbocycles. The second-order valence-electron chi connectivity index (χ2n) is 9.84. The number of ether oxygens (including phenoxy) is 7. The average Bonchev–Trinajstić information content (AvgIpc) is 2.95. The van der Waals surface area contributed by atoms with Gasteiger partial charge in [0.15, 0.2) is 0 Å². The van der Waals surface area contributed by atoms with Gasteiger partial charge < -0.3 is 33.2 Å². The highest BCUT2D eigenvalue weighted by Crippen LogP contribution is 2.31. The van der Waals surface area contributed by atoms with Crippen LogP contribution in [-0.4, -0.2) is 72.1 Å². The van der Waals surface area contributed by atoms with Gasteiger partial charge in [-0.05, 0) is 33.6 Å². The van der Waals surface area contributed by atoms with Crippen LogP contribution < -0.4 is 0 Å². The minimum atomic E-state index is -1.09. The Balaban J connectivity index is 0. The zero-order valence-corrected chi connectivity index (χ0v) is 28.1. The first-order valence-corrected chi connectivity index (χ1v) is 16.2. The lowest BCUT2D eigenvalue weighted by molar-refractivity contribution is -0.399. The van der Waals surface area contributed by atoms with Crippen molar-refractivity contribution >= 4 is 12.6 Å². The third-order valence-electron chi connectivity index (χ3n) is 7.02. The lowest BCUT2D eigenvalue weighted by atomic mass is 9.99. The molecule has 0 spiro atoms. The third-order valence-corrected chi connectivity index (χ3v) is 7.46. The van der Waals surface area contributed by atoms with Gasteiger partial charge in [-0.3, -0.25) is 0 Å². The molecule has 0 fully saturated rings. The number of unbranched alkanes of at least 4 members (excludes halogenated alkanes) is 10. The van der Waals surface area contributed by atoms with Gasteiger partial charge in [-0.2, -0.15) is 12.6 Å². The molecule has 0 aromatic rings. The van der Waals surface area contributed by atoms with Crippen molar-refractivity contribution in [2.24, 2.45) is 5.92 Å². The predicted octanol–water partition coefficient (Wildman–Crippen LogP) is 8.39. The average molecular weight is 583 g/mol. The molecular weight excluding hydrogens is 516 g/mol. The Morgan fingerprint density at radius 1 is 0.513 bits per heavy atom. The van der Waals surface area contributed by atoms with Crippen molar-refractivity contribution in [1.29, 1.82) is 0 Å². The van der Waals surface area contributed by atoms with Crippen LogP contribution in [0.2, 0.25) is 0 Å². The lowest BCUT2D eigenvalue weighted by Crippen LogP contribution is -2.48. The van der Waals surface area contributed by atoms with Gasteiger partial charge in [-0.1, -0.05) is 90.9 Å². The van der Waals surface area contributed by atoms with E-state index in [-0.39, 0.29) is 12.0 Å². The molecule has 0 aliphatic rings. The molecule has 8 heteroatoms. The Morgan fingerprint density at radius 2 is 0.897 bits per heavy atom. The Hall–Kier alpha value is 0.0700. The minimum Gasteiger partial charge on any atom is -0.373 e. The largest absolute Gasteiger partial charge is 0.373 e. The van der Waals surface area contributed by atoms with E-state index in [2.05, 4.69) is 26.5 Å². The Bertz CT molecular complexity index is 466. The van der Waals surface area contributed by atoms with Crippen LogP contribution in [0.4, 0.5) is 0 Å². The molecule has 0 rings (SSSR count). The molecule has 0 aliphatic carbocycles. The molecule has 0 N–H and O–H groups in total. The van der Waals surface area contributed by atoms with Gasteiger partial charge >= 0.3 is 5.97 Å². The Kier molecular flexibility index (Phi) is 29.8. The summed E-state index contributed by atoms with van der Waals surface area (Å²) >= 11 is 4.51. The molecule has 0 aliphatic heterocycles. The van der Waals surface area contributed by atoms with E-state index in [1.165, 1.54) is 70.6 Å². The number of thiol groups is 1. The maximum absolute atomic E-state index is 5.87. The smallest absolute Gasteiger partial charge is 0.310 e. The third kappa shape index (κ3) is 17.6. The van der Waals surface area contributed by atoms with Crippen molar-refractivity contribution in [1.82, 2.24) is 0 Å². The quantitative estimate of drug-likeness (QED) is 0.0593. The minimum absolute atomic E-state index is 0.173. The lowest BCUT2D eigenvalue weighted by Gasteiger charge is -2.38. The summed E-state index contributed by atoms with van der Waals surface area (Å²) in [6, 6.07) is 0. The van der Waals surface area contributed by atoms with E-state index in [0.717, 1.165) is 25.0 Å². The summed E-state index contributed by atoms with van der Waals surface area (Å²) in [6.07, 6.45) is 17.0. The van der Waals surface area contributed by atoms with Crippen molar-refractivity contribution in [3.63, 3.8) is 0 Å². The zero-order chi connectivity index (χ0) is 29.8. The SMILES string of the molecule is CCCCCCCCC(CS)C(OCC)(OCC)OCC.CCCCCCCCC(OC)C(OC)(OC)OC. The molecule has 39 heavy (non-hydrogen) atoms. The molecule has 0 aromatic heterocycles. The summed E-state index contributed by atoms with van der Waals surface area (Å²) in [7, 11) is 6.37.